The molecule has 1 atom stereocenters. The normalized spacial score (nSPS) is 25.0. The third kappa shape index (κ3) is 2.02. The summed E-state index contributed by atoms with van der Waals surface area (Å²) in [5.41, 5.74) is 8.64. The highest BCUT2D eigenvalue weighted by Gasteiger charge is 2.32. The van der Waals surface area contributed by atoms with Crippen molar-refractivity contribution in [3.8, 4) is 0 Å². The predicted molar refractivity (Wildman–Crippen MR) is 73.1 cm³/mol. The van der Waals surface area contributed by atoms with Crippen LogP contribution in [-0.4, -0.2) is 34.7 Å². The molecule has 4 heteroatoms. The molecule has 1 aliphatic heterocycles. The minimum Gasteiger partial charge on any atom is -0.330 e. The second-order valence-electron chi connectivity index (χ2n) is 5.73. The van der Waals surface area contributed by atoms with Gasteiger partial charge in [-0.05, 0) is 30.5 Å². The highest BCUT2D eigenvalue weighted by molar-refractivity contribution is 5.81. The number of hydrogen-bond acceptors (Lipinski definition) is 3. The molecule has 2 heterocycles. The van der Waals surface area contributed by atoms with E-state index in [1.165, 1.54) is 22.9 Å². The summed E-state index contributed by atoms with van der Waals surface area (Å²) in [4.78, 5) is 2.49. The van der Waals surface area contributed by atoms with Crippen molar-refractivity contribution in [2.45, 2.75) is 19.9 Å². The molecule has 0 bridgehead atoms. The summed E-state index contributed by atoms with van der Waals surface area (Å²) in [6.45, 7) is 6.27. The van der Waals surface area contributed by atoms with Gasteiger partial charge < -0.3 is 5.73 Å². The predicted octanol–water partition coefficient (Wildman–Crippen LogP) is 1.73. The molecule has 0 radical (unpaired) electrons. The van der Waals surface area contributed by atoms with Gasteiger partial charge in [0.2, 0.25) is 0 Å². The third-order valence-corrected chi connectivity index (χ3v) is 4.09. The Morgan fingerprint density at radius 1 is 1.50 bits per heavy atom. The number of fused-ring (bicyclic) bond motifs is 1. The van der Waals surface area contributed by atoms with E-state index in [1.54, 1.807) is 0 Å². The van der Waals surface area contributed by atoms with E-state index in [2.05, 4.69) is 40.2 Å². The zero-order valence-electron chi connectivity index (χ0n) is 10.8. The maximum Gasteiger partial charge on any atom is 0.0695 e. The highest BCUT2D eigenvalue weighted by Crippen LogP contribution is 2.30. The van der Waals surface area contributed by atoms with Crippen molar-refractivity contribution in [1.82, 2.24) is 15.1 Å². The average molecular weight is 244 g/mol. The van der Waals surface area contributed by atoms with E-state index in [-0.39, 0.29) is 0 Å². The molecule has 1 fully saturated rings. The van der Waals surface area contributed by atoms with E-state index < -0.39 is 0 Å². The van der Waals surface area contributed by atoms with E-state index in [9.17, 15) is 0 Å². The second kappa shape index (κ2) is 4.37. The van der Waals surface area contributed by atoms with Gasteiger partial charge in [-0.3, -0.25) is 10.00 Å². The smallest absolute Gasteiger partial charge is 0.0695 e. The fourth-order valence-corrected chi connectivity index (χ4v) is 2.83. The lowest BCUT2D eigenvalue weighted by Gasteiger charge is -2.22. The van der Waals surface area contributed by atoms with Crippen molar-refractivity contribution in [2.75, 3.05) is 19.6 Å². The molecule has 1 aromatic carbocycles. The molecule has 4 nitrogen and oxygen atoms in total. The number of nitrogens with one attached hydrogen (secondary N) is 1. The van der Waals surface area contributed by atoms with Crippen LogP contribution in [0.4, 0.5) is 0 Å². The van der Waals surface area contributed by atoms with E-state index in [1.807, 2.05) is 6.20 Å². The van der Waals surface area contributed by atoms with Gasteiger partial charge in [-0.15, -0.1) is 0 Å². The first-order valence-corrected chi connectivity index (χ1v) is 6.54. The zero-order valence-corrected chi connectivity index (χ0v) is 10.8. The van der Waals surface area contributed by atoms with Crippen molar-refractivity contribution in [3.63, 3.8) is 0 Å². The van der Waals surface area contributed by atoms with Gasteiger partial charge in [0.1, 0.15) is 0 Å². The van der Waals surface area contributed by atoms with Crippen LogP contribution in [0, 0.1) is 5.41 Å². The van der Waals surface area contributed by atoms with E-state index in [0.29, 0.717) is 5.41 Å². The van der Waals surface area contributed by atoms with Gasteiger partial charge in [0, 0.05) is 18.5 Å². The molecule has 0 amide bonds. The van der Waals surface area contributed by atoms with Crippen LogP contribution in [0.3, 0.4) is 0 Å². The Morgan fingerprint density at radius 3 is 3.17 bits per heavy atom. The van der Waals surface area contributed by atoms with Crippen molar-refractivity contribution in [3.05, 3.63) is 30.0 Å². The molecule has 0 aliphatic carbocycles. The number of aromatic amines is 1. The van der Waals surface area contributed by atoms with Crippen LogP contribution in [0.15, 0.2) is 24.4 Å². The lowest BCUT2D eigenvalue weighted by Crippen LogP contribution is -2.31. The molecular weight excluding hydrogens is 224 g/mol. The summed E-state index contributed by atoms with van der Waals surface area (Å²) in [7, 11) is 0. The molecule has 2 aromatic rings. The number of nitrogens with two attached hydrogens (primary N) is 1. The number of likely N-dealkylation sites (tertiary alicyclic amines) is 1. The van der Waals surface area contributed by atoms with Gasteiger partial charge in [-0.1, -0.05) is 25.1 Å². The Hall–Kier alpha value is -1.39. The van der Waals surface area contributed by atoms with Crippen LogP contribution in [0.1, 0.15) is 18.9 Å². The monoisotopic (exact) mass is 244 g/mol. The quantitative estimate of drug-likeness (QED) is 0.864. The van der Waals surface area contributed by atoms with Gasteiger partial charge in [0.25, 0.3) is 0 Å². The molecule has 0 saturated carbocycles. The maximum atomic E-state index is 5.85. The number of hydrogen-bond donors (Lipinski definition) is 2. The summed E-state index contributed by atoms with van der Waals surface area (Å²) in [6.07, 6.45) is 3.08. The van der Waals surface area contributed by atoms with Crippen LogP contribution in [0.25, 0.3) is 10.9 Å². The Labute approximate surface area is 107 Å². The first-order valence-electron chi connectivity index (χ1n) is 6.54. The molecule has 96 valence electrons. The number of nitrogens with zero attached hydrogens (tertiary/aromatic N) is 2. The topological polar surface area (TPSA) is 57.9 Å². The number of benzene rings is 1. The van der Waals surface area contributed by atoms with E-state index >= 15 is 0 Å². The molecular formula is C14H20N4. The Morgan fingerprint density at radius 2 is 2.39 bits per heavy atom. The van der Waals surface area contributed by atoms with Crippen molar-refractivity contribution in [1.29, 1.82) is 0 Å². The SMILES string of the molecule is CC1(CN)CCN(Cc2cccc3cn[nH]c23)C1. The Kier molecular flexibility index (Phi) is 2.84. The molecule has 0 spiro atoms. The summed E-state index contributed by atoms with van der Waals surface area (Å²) in [5, 5.41) is 8.40. The Balaban J connectivity index is 1.79. The summed E-state index contributed by atoms with van der Waals surface area (Å²) >= 11 is 0. The molecule has 1 aliphatic rings. The molecule has 3 N–H and O–H groups in total. The highest BCUT2D eigenvalue weighted by atomic mass is 15.2. The summed E-state index contributed by atoms with van der Waals surface area (Å²) in [5.74, 6) is 0. The van der Waals surface area contributed by atoms with Crippen LogP contribution < -0.4 is 5.73 Å². The zero-order chi connectivity index (χ0) is 12.6. The molecule has 1 saturated heterocycles. The summed E-state index contributed by atoms with van der Waals surface area (Å²) < 4.78 is 0. The minimum atomic E-state index is 0.294. The van der Waals surface area contributed by atoms with Crippen LogP contribution in [0.2, 0.25) is 0 Å². The number of rotatable bonds is 3. The van der Waals surface area contributed by atoms with Crippen molar-refractivity contribution >= 4 is 10.9 Å². The van der Waals surface area contributed by atoms with Crippen LogP contribution >= 0.6 is 0 Å². The van der Waals surface area contributed by atoms with Gasteiger partial charge >= 0.3 is 0 Å². The fourth-order valence-electron chi connectivity index (χ4n) is 2.83. The molecule has 3 rings (SSSR count). The van der Waals surface area contributed by atoms with Gasteiger partial charge in [-0.25, -0.2) is 0 Å². The first kappa shape index (κ1) is 11.7. The van der Waals surface area contributed by atoms with Crippen LogP contribution in [0.5, 0.6) is 0 Å². The number of para-hydroxylation sites is 1. The average Bonchev–Trinajstić information content (AvgIpc) is 2.98. The Bertz CT molecular complexity index is 547. The van der Waals surface area contributed by atoms with E-state index in [4.69, 9.17) is 5.73 Å². The van der Waals surface area contributed by atoms with Crippen molar-refractivity contribution in [2.24, 2.45) is 11.1 Å². The van der Waals surface area contributed by atoms with E-state index in [0.717, 1.165) is 26.2 Å². The van der Waals surface area contributed by atoms with Gasteiger partial charge in [0.05, 0.1) is 11.7 Å². The third-order valence-electron chi connectivity index (χ3n) is 4.09. The largest absolute Gasteiger partial charge is 0.330 e. The second-order valence-corrected chi connectivity index (χ2v) is 5.73. The standard InChI is InChI=1S/C14H20N4/c1-14(9-15)5-6-18(10-14)8-12-4-2-3-11-7-16-17-13(11)12/h2-4,7H,5-6,8-10,15H2,1H3,(H,16,17). The maximum absolute atomic E-state index is 5.85. The fraction of sp³-hybridized carbons (Fsp3) is 0.500. The number of H-pyrrole nitrogens is 1. The van der Waals surface area contributed by atoms with Gasteiger partial charge in [-0.2, -0.15) is 5.10 Å². The first-order chi connectivity index (χ1) is 8.70. The lowest BCUT2D eigenvalue weighted by atomic mass is 9.90. The summed E-state index contributed by atoms with van der Waals surface area (Å²) in [6, 6.07) is 6.38. The molecule has 1 aromatic heterocycles. The molecule has 18 heavy (non-hydrogen) atoms. The minimum absolute atomic E-state index is 0.294. The molecule has 1 unspecified atom stereocenters. The van der Waals surface area contributed by atoms with Gasteiger partial charge in [0.15, 0.2) is 0 Å². The lowest BCUT2D eigenvalue weighted by molar-refractivity contribution is 0.275. The van der Waals surface area contributed by atoms with Crippen molar-refractivity contribution < 1.29 is 0 Å². The number of aromatic nitrogens is 2. The van der Waals surface area contributed by atoms with Crippen LogP contribution in [-0.2, 0) is 6.54 Å².